The Morgan fingerprint density at radius 1 is 0.931 bits per heavy atom. The lowest BCUT2D eigenvalue weighted by atomic mass is 10.1. The fourth-order valence-corrected chi connectivity index (χ4v) is 3.00. The number of nitrogens with zero attached hydrogens (tertiary/aromatic N) is 1. The Morgan fingerprint density at radius 3 is 2.34 bits per heavy atom. The highest BCUT2D eigenvalue weighted by Gasteiger charge is 2.09. The van der Waals surface area contributed by atoms with Gasteiger partial charge in [0.1, 0.15) is 5.75 Å². The van der Waals surface area contributed by atoms with E-state index in [0.717, 1.165) is 36.8 Å². The van der Waals surface area contributed by atoms with E-state index in [-0.39, 0.29) is 24.0 Å². The van der Waals surface area contributed by atoms with Gasteiger partial charge in [-0.2, -0.15) is 0 Å². The molecule has 2 aromatic rings. The molecule has 0 atom stereocenters. The van der Waals surface area contributed by atoms with E-state index >= 15 is 0 Å². The molecule has 0 aliphatic carbocycles. The summed E-state index contributed by atoms with van der Waals surface area (Å²) in [6.07, 6.45) is 0.845. The molecule has 6 nitrogen and oxygen atoms in total. The maximum atomic E-state index is 5.49. The number of para-hydroxylation sites is 1. The van der Waals surface area contributed by atoms with Crippen molar-refractivity contribution in [3.63, 3.8) is 0 Å². The van der Waals surface area contributed by atoms with E-state index in [4.69, 9.17) is 14.2 Å². The molecule has 2 aromatic carbocycles. The van der Waals surface area contributed by atoms with Crippen LogP contribution in [-0.2, 0) is 13.0 Å². The standard InChI is InChI=1S/C22H31N3O3.HI/c1-6-23-22(24-13-12-17-14-16(2)10-11-19(17)26-3)25-15-18-8-7-9-20(27-4)21(18)28-5;/h7-11,14H,6,12-13,15H2,1-5H3,(H2,23,24,25);1H. The van der Waals surface area contributed by atoms with E-state index in [0.29, 0.717) is 18.0 Å². The quantitative estimate of drug-likeness (QED) is 0.302. The van der Waals surface area contributed by atoms with Gasteiger partial charge in [0.25, 0.3) is 0 Å². The van der Waals surface area contributed by atoms with Crippen molar-refractivity contribution in [3.8, 4) is 17.2 Å². The minimum Gasteiger partial charge on any atom is -0.496 e. The molecule has 0 saturated carbocycles. The maximum Gasteiger partial charge on any atom is 0.191 e. The van der Waals surface area contributed by atoms with Crippen molar-refractivity contribution in [1.29, 1.82) is 0 Å². The molecule has 0 aliphatic rings. The van der Waals surface area contributed by atoms with E-state index in [1.807, 2.05) is 31.2 Å². The third kappa shape index (κ3) is 7.30. The molecular weight excluding hydrogens is 481 g/mol. The van der Waals surface area contributed by atoms with Gasteiger partial charge in [-0.25, -0.2) is 4.99 Å². The van der Waals surface area contributed by atoms with Crippen molar-refractivity contribution in [1.82, 2.24) is 10.6 Å². The van der Waals surface area contributed by atoms with Gasteiger partial charge < -0.3 is 24.8 Å². The zero-order valence-corrected chi connectivity index (χ0v) is 20.2. The van der Waals surface area contributed by atoms with Crippen molar-refractivity contribution in [3.05, 3.63) is 53.1 Å². The molecular formula is C22H32IN3O3. The summed E-state index contributed by atoms with van der Waals surface area (Å²) in [6, 6.07) is 12.0. The van der Waals surface area contributed by atoms with E-state index in [1.165, 1.54) is 11.1 Å². The Kier molecular flexibility index (Phi) is 11.3. The Morgan fingerprint density at radius 2 is 1.69 bits per heavy atom. The van der Waals surface area contributed by atoms with Crippen LogP contribution >= 0.6 is 24.0 Å². The molecule has 0 fully saturated rings. The molecule has 2 rings (SSSR count). The van der Waals surface area contributed by atoms with Gasteiger partial charge in [0.2, 0.25) is 0 Å². The molecule has 0 amide bonds. The molecule has 0 spiro atoms. The highest BCUT2D eigenvalue weighted by molar-refractivity contribution is 14.0. The Hall–Kier alpha value is -2.16. The molecule has 29 heavy (non-hydrogen) atoms. The first-order valence-corrected chi connectivity index (χ1v) is 9.48. The third-order valence-corrected chi connectivity index (χ3v) is 4.36. The molecule has 160 valence electrons. The summed E-state index contributed by atoms with van der Waals surface area (Å²) >= 11 is 0. The van der Waals surface area contributed by atoms with Gasteiger partial charge >= 0.3 is 0 Å². The van der Waals surface area contributed by atoms with Gasteiger partial charge in [0, 0.05) is 18.7 Å². The van der Waals surface area contributed by atoms with Crippen molar-refractivity contribution in [2.75, 3.05) is 34.4 Å². The van der Waals surface area contributed by atoms with Crippen LogP contribution in [0.5, 0.6) is 17.2 Å². The molecule has 7 heteroatoms. The van der Waals surface area contributed by atoms with Crippen molar-refractivity contribution in [2.45, 2.75) is 26.8 Å². The van der Waals surface area contributed by atoms with Crippen LogP contribution in [0.15, 0.2) is 41.4 Å². The fraction of sp³-hybridized carbons (Fsp3) is 0.409. The largest absolute Gasteiger partial charge is 0.496 e. The van der Waals surface area contributed by atoms with Crippen LogP contribution in [-0.4, -0.2) is 40.4 Å². The predicted octanol–water partition coefficient (Wildman–Crippen LogP) is 3.94. The van der Waals surface area contributed by atoms with Crippen molar-refractivity contribution in [2.24, 2.45) is 4.99 Å². The Labute approximate surface area is 191 Å². The van der Waals surface area contributed by atoms with E-state index in [1.54, 1.807) is 21.3 Å². The number of methoxy groups -OCH3 is 3. The smallest absolute Gasteiger partial charge is 0.191 e. The average molecular weight is 513 g/mol. The SMILES string of the molecule is CCNC(=NCc1cccc(OC)c1OC)NCCc1cc(C)ccc1OC.I. The topological polar surface area (TPSA) is 64.1 Å². The first-order chi connectivity index (χ1) is 13.6. The van der Waals surface area contributed by atoms with Gasteiger partial charge in [-0.3, -0.25) is 0 Å². The number of guanidine groups is 1. The summed E-state index contributed by atoms with van der Waals surface area (Å²) in [6.45, 7) is 6.16. The predicted molar refractivity (Wildman–Crippen MR) is 129 cm³/mol. The normalized spacial score (nSPS) is 10.7. The minimum atomic E-state index is 0. The number of halogens is 1. The lowest BCUT2D eigenvalue weighted by Gasteiger charge is -2.14. The van der Waals surface area contributed by atoms with Crippen LogP contribution in [0, 0.1) is 6.92 Å². The molecule has 0 saturated heterocycles. The third-order valence-electron chi connectivity index (χ3n) is 4.36. The summed E-state index contributed by atoms with van der Waals surface area (Å²) in [5, 5.41) is 6.67. The number of nitrogens with one attached hydrogen (secondary N) is 2. The summed E-state index contributed by atoms with van der Waals surface area (Å²) in [7, 11) is 4.98. The summed E-state index contributed by atoms with van der Waals surface area (Å²) in [5.41, 5.74) is 3.38. The van der Waals surface area contributed by atoms with Crippen LogP contribution in [0.2, 0.25) is 0 Å². The highest BCUT2D eigenvalue weighted by Crippen LogP contribution is 2.31. The molecule has 0 radical (unpaired) electrons. The minimum absolute atomic E-state index is 0. The second-order valence-corrected chi connectivity index (χ2v) is 6.34. The summed E-state index contributed by atoms with van der Waals surface area (Å²) in [4.78, 5) is 4.69. The Bertz CT molecular complexity index is 797. The van der Waals surface area contributed by atoms with Crippen molar-refractivity contribution < 1.29 is 14.2 Å². The van der Waals surface area contributed by atoms with Crippen LogP contribution < -0.4 is 24.8 Å². The molecule has 2 N–H and O–H groups in total. The van der Waals surface area contributed by atoms with Crippen molar-refractivity contribution >= 4 is 29.9 Å². The number of ether oxygens (including phenoxy) is 3. The van der Waals surface area contributed by atoms with Crippen LogP contribution in [0.1, 0.15) is 23.6 Å². The number of aryl methyl sites for hydroxylation is 1. The molecule has 0 heterocycles. The van der Waals surface area contributed by atoms with E-state index in [2.05, 4.69) is 34.7 Å². The second-order valence-electron chi connectivity index (χ2n) is 6.34. The lowest BCUT2D eigenvalue weighted by molar-refractivity contribution is 0.352. The van der Waals surface area contributed by atoms with Gasteiger partial charge in [0.15, 0.2) is 17.5 Å². The van der Waals surface area contributed by atoms with Gasteiger partial charge in [-0.15, -0.1) is 24.0 Å². The van der Waals surface area contributed by atoms with Crippen LogP contribution in [0.25, 0.3) is 0 Å². The number of aliphatic imine (C=N–C) groups is 1. The Balaban J connectivity index is 0.00000420. The molecule has 0 bridgehead atoms. The van der Waals surface area contributed by atoms with E-state index in [9.17, 15) is 0 Å². The number of hydrogen-bond acceptors (Lipinski definition) is 4. The summed E-state index contributed by atoms with van der Waals surface area (Å²) in [5.74, 6) is 3.10. The second kappa shape index (κ2) is 13.1. The maximum absolute atomic E-state index is 5.49. The zero-order valence-electron chi connectivity index (χ0n) is 17.9. The fourth-order valence-electron chi connectivity index (χ4n) is 3.00. The van der Waals surface area contributed by atoms with Gasteiger partial charge in [0.05, 0.1) is 27.9 Å². The molecule has 0 aliphatic heterocycles. The highest BCUT2D eigenvalue weighted by atomic mass is 127. The average Bonchev–Trinajstić information content (AvgIpc) is 2.71. The van der Waals surface area contributed by atoms with Gasteiger partial charge in [-0.1, -0.05) is 29.8 Å². The lowest BCUT2D eigenvalue weighted by Crippen LogP contribution is -2.38. The van der Waals surface area contributed by atoms with Crippen LogP contribution in [0.4, 0.5) is 0 Å². The van der Waals surface area contributed by atoms with E-state index < -0.39 is 0 Å². The number of hydrogen-bond donors (Lipinski definition) is 2. The van der Waals surface area contributed by atoms with Crippen LogP contribution in [0.3, 0.4) is 0 Å². The summed E-state index contributed by atoms with van der Waals surface area (Å²) < 4.78 is 16.3. The first kappa shape index (κ1) is 24.9. The number of rotatable bonds is 9. The monoisotopic (exact) mass is 513 g/mol. The first-order valence-electron chi connectivity index (χ1n) is 9.48. The number of benzene rings is 2. The molecule has 0 aromatic heterocycles. The zero-order chi connectivity index (χ0) is 20.4. The molecule has 0 unspecified atom stereocenters. The van der Waals surface area contributed by atoms with Gasteiger partial charge in [-0.05, 0) is 38.0 Å².